The van der Waals surface area contributed by atoms with Gasteiger partial charge in [0.2, 0.25) is 5.89 Å². The molecule has 0 aliphatic rings. The molecule has 0 atom stereocenters. The van der Waals surface area contributed by atoms with Gasteiger partial charge in [0.15, 0.2) is 6.61 Å². The maximum Gasteiger partial charge on any atom is 0.331 e. The first-order valence-corrected chi connectivity index (χ1v) is 7.47. The zero-order chi connectivity index (χ0) is 17.5. The molecule has 0 bridgehead atoms. The Kier molecular flexibility index (Phi) is 4.98. The van der Waals surface area contributed by atoms with Crippen molar-refractivity contribution in [3.05, 3.63) is 77.7 Å². The van der Waals surface area contributed by atoms with Crippen LogP contribution < -0.4 is 0 Å². The maximum absolute atomic E-state index is 11.7. The maximum atomic E-state index is 11.7. The van der Waals surface area contributed by atoms with Crippen LogP contribution in [0.5, 0.6) is 0 Å². The number of aromatic nitrogens is 2. The monoisotopic (exact) mass is 331 g/mol. The lowest BCUT2D eigenvalue weighted by Gasteiger charge is -1.97. The van der Waals surface area contributed by atoms with E-state index in [0.29, 0.717) is 11.5 Å². The van der Waals surface area contributed by atoms with Gasteiger partial charge in [0.05, 0.1) is 11.6 Å². The minimum absolute atomic E-state index is 0.101. The van der Waals surface area contributed by atoms with Gasteiger partial charge in [-0.15, -0.1) is 10.2 Å². The molecule has 0 amide bonds. The van der Waals surface area contributed by atoms with E-state index in [9.17, 15) is 4.79 Å². The molecule has 0 saturated heterocycles. The number of carbonyl (C=O) groups excluding carboxylic acids is 1. The van der Waals surface area contributed by atoms with Crippen molar-refractivity contribution in [2.75, 3.05) is 0 Å². The van der Waals surface area contributed by atoms with Gasteiger partial charge in [-0.05, 0) is 35.9 Å². The largest absolute Gasteiger partial charge is 0.452 e. The number of nitrogens with zero attached hydrogens (tertiary/aromatic N) is 3. The highest BCUT2D eigenvalue weighted by atomic mass is 16.5. The lowest BCUT2D eigenvalue weighted by Crippen LogP contribution is -2.00. The van der Waals surface area contributed by atoms with E-state index >= 15 is 0 Å². The lowest BCUT2D eigenvalue weighted by molar-refractivity contribution is -0.139. The summed E-state index contributed by atoms with van der Waals surface area (Å²) in [5.74, 6) is 0.0718. The van der Waals surface area contributed by atoms with Crippen molar-refractivity contribution < 1.29 is 13.9 Å². The second kappa shape index (κ2) is 7.70. The van der Waals surface area contributed by atoms with Crippen molar-refractivity contribution in [2.45, 2.75) is 6.61 Å². The number of rotatable bonds is 5. The molecule has 1 aromatic heterocycles. The van der Waals surface area contributed by atoms with E-state index in [-0.39, 0.29) is 12.5 Å². The Morgan fingerprint density at radius 2 is 1.88 bits per heavy atom. The van der Waals surface area contributed by atoms with Gasteiger partial charge in [0.1, 0.15) is 0 Å². The number of esters is 1. The van der Waals surface area contributed by atoms with E-state index in [0.717, 1.165) is 11.1 Å². The van der Waals surface area contributed by atoms with Gasteiger partial charge in [0, 0.05) is 11.6 Å². The molecule has 3 aromatic rings. The Balaban J connectivity index is 1.54. The van der Waals surface area contributed by atoms with Crippen LogP contribution in [0.2, 0.25) is 0 Å². The van der Waals surface area contributed by atoms with Crippen LogP contribution in [0.25, 0.3) is 17.5 Å². The molecule has 0 radical (unpaired) electrons. The highest BCUT2D eigenvalue weighted by molar-refractivity contribution is 5.87. The standard InChI is InChI=1S/C19H13N3O3/c20-12-15-8-6-14(7-9-15)10-11-18(23)24-13-17-21-22-19(25-17)16-4-2-1-3-5-16/h1-11H,13H2/b11-10+. The van der Waals surface area contributed by atoms with Crippen molar-refractivity contribution in [1.82, 2.24) is 10.2 Å². The fourth-order valence-electron chi connectivity index (χ4n) is 2.02. The molecule has 0 fully saturated rings. The van der Waals surface area contributed by atoms with Crippen LogP contribution in [0.15, 0.2) is 65.1 Å². The van der Waals surface area contributed by atoms with Crippen molar-refractivity contribution in [1.29, 1.82) is 5.26 Å². The Hall–Kier alpha value is -3.72. The third kappa shape index (κ3) is 4.39. The lowest BCUT2D eigenvalue weighted by atomic mass is 10.1. The molecule has 6 heteroatoms. The second-order valence-electron chi connectivity index (χ2n) is 5.04. The molecule has 0 saturated carbocycles. The van der Waals surface area contributed by atoms with Crippen molar-refractivity contribution in [3.8, 4) is 17.5 Å². The molecule has 0 aliphatic heterocycles. The van der Waals surface area contributed by atoms with E-state index in [1.54, 1.807) is 30.3 Å². The van der Waals surface area contributed by atoms with Crippen LogP contribution in [0.1, 0.15) is 17.0 Å². The Morgan fingerprint density at radius 1 is 1.12 bits per heavy atom. The van der Waals surface area contributed by atoms with Gasteiger partial charge in [-0.3, -0.25) is 0 Å². The van der Waals surface area contributed by atoms with Gasteiger partial charge in [-0.2, -0.15) is 5.26 Å². The number of benzene rings is 2. The Labute approximate surface area is 144 Å². The molecular formula is C19H13N3O3. The molecule has 0 spiro atoms. The van der Waals surface area contributed by atoms with E-state index in [1.807, 2.05) is 36.4 Å². The summed E-state index contributed by atoms with van der Waals surface area (Å²) in [6.45, 7) is -0.101. The SMILES string of the molecule is N#Cc1ccc(/C=C/C(=O)OCc2nnc(-c3ccccc3)o2)cc1. The highest BCUT2D eigenvalue weighted by Crippen LogP contribution is 2.17. The summed E-state index contributed by atoms with van der Waals surface area (Å²) in [7, 11) is 0. The molecule has 0 aliphatic carbocycles. The van der Waals surface area contributed by atoms with Crippen molar-refractivity contribution >= 4 is 12.0 Å². The quantitative estimate of drug-likeness (QED) is 0.526. The summed E-state index contributed by atoms with van der Waals surface area (Å²) >= 11 is 0. The van der Waals surface area contributed by atoms with Gasteiger partial charge < -0.3 is 9.15 Å². The third-order valence-corrected chi connectivity index (χ3v) is 3.28. The average Bonchev–Trinajstić information content (AvgIpc) is 3.15. The van der Waals surface area contributed by atoms with E-state index in [2.05, 4.69) is 10.2 Å². The second-order valence-corrected chi connectivity index (χ2v) is 5.04. The van der Waals surface area contributed by atoms with Crippen LogP contribution in [0.3, 0.4) is 0 Å². The zero-order valence-corrected chi connectivity index (χ0v) is 13.1. The number of nitriles is 1. The Bertz CT molecular complexity index is 923. The van der Waals surface area contributed by atoms with Crippen LogP contribution in [-0.4, -0.2) is 16.2 Å². The predicted octanol–water partition coefficient (Wildman–Crippen LogP) is 3.36. The first-order chi connectivity index (χ1) is 12.2. The first kappa shape index (κ1) is 16.1. The van der Waals surface area contributed by atoms with Gasteiger partial charge in [0.25, 0.3) is 5.89 Å². The van der Waals surface area contributed by atoms with Gasteiger partial charge in [-0.25, -0.2) is 4.79 Å². The summed E-state index contributed by atoms with van der Waals surface area (Å²) in [4.78, 5) is 11.7. The number of ether oxygens (including phenoxy) is 1. The molecule has 0 unspecified atom stereocenters. The molecule has 122 valence electrons. The number of hydrogen-bond acceptors (Lipinski definition) is 6. The fourth-order valence-corrected chi connectivity index (χ4v) is 2.02. The minimum Gasteiger partial charge on any atom is -0.452 e. The highest BCUT2D eigenvalue weighted by Gasteiger charge is 2.09. The first-order valence-electron chi connectivity index (χ1n) is 7.47. The van der Waals surface area contributed by atoms with E-state index in [4.69, 9.17) is 14.4 Å². The van der Waals surface area contributed by atoms with Crippen molar-refractivity contribution in [2.24, 2.45) is 0 Å². The summed E-state index contributed by atoms with van der Waals surface area (Å²) in [5, 5.41) is 16.5. The molecule has 0 N–H and O–H groups in total. The van der Waals surface area contributed by atoms with Crippen molar-refractivity contribution in [3.63, 3.8) is 0 Å². The van der Waals surface area contributed by atoms with Crippen LogP contribution >= 0.6 is 0 Å². The summed E-state index contributed by atoms with van der Waals surface area (Å²) in [5.41, 5.74) is 2.15. The summed E-state index contributed by atoms with van der Waals surface area (Å²) in [6, 6.07) is 18.2. The smallest absolute Gasteiger partial charge is 0.331 e. The van der Waals surface area contributed by atoms with E-state index in [1.165, 1.54) is 6.08 Å². The zero-order valence-electron chi connectivity index (χ0n) is 13.1. The van der Waals surface area contributed by atoms with E-state index < -0.39 is 5.97 Å². The normalized spacial score (nSPS) is 10.5. The average molecular weight is 331 g/mol. The molecule has 25 heavy (non-hydrogen) atoms. The van der Waals surface area contributed by atoms with Crippen LogP contribution in [-0.2, 0) is 16.1 Å². The molecule has 1 heterocycles. The molecule has 2 aromatic carbocycles. The van der Waals surface area contributed by atoms with Crippen LogP contribution in [0, 0.1) is 11.3 Å². The minimum atomic E-state index is -0.524. The topological polar surface area (TPSA) is 89.0 Å². The number of hydrogen-bond donors (Lipinski definition) is 0. The molecular weight excluding hydrogens is 318 g/mol. The Morgan fingerprint density at radius 3 is 2.60 bits per heavy atom. The number of carbonyl (C=O) groups is 1. The fraction of sp³-hybridized carbons (Fsp3) is 0.0526. The summed E-state index contributed by atoms with van der Waals surface area (Å²) < 4.78 is 10.5. The molecule has 3 rings (SSSR count). The van der Waals surface area contributed by atoms with Gasteiger partial charge in [-0.1, -0.05) is 30.3 Å². The third-order valence-electron chi connectivity index (χ3n) is 3.28. The van der Waals surface area contributed by atoms with Gasteiger partial charge >= 0.3 is 5.97 Å². The summed E-state index contributed by atoms with van der Waals surface area (Å²) in [6.07, 6.45) is 2.91. The molecule has 6 nitrogen and oxygen atoms in total. The van der Waals surface area contributed by atoms with Crippen LogP contribution in [0.4, 0.5) is 0 Å². The predicted molar refractivity (Wildman–Crippen MR) is 89.7 cm³/mol.